The van der Waals surface area contributed by atoms with Crippen molar-refractivity contribution in [1.29, 1.82) is 0 Å². The first-order valence-corrected chi connectivity index (χ1v) is 5.57. The van der Waals surface area contributed by atoms with Crippen LogP contribution in [-0.4, -0.2) is 4.92 Å². The van der Waals surface area contributed by atoms with Crippen molar-refractivity contribution < 1.29 is 4.92 Å². The fraction of sp³-hybridized carbons (Fsp3) is 0. The number of hydrogen-bond donors (Lipinski definition) is 1. The number of benzene rings is 2. The molecule has 0 saturated heterocycles. The van der Waals surface area contributed by atoms with Gasteiger partial charge in [-0.1, -0.05) is 0 Å². The maximum absolute atomic E-state index is 10.5. The van der Waals surface area contributed by atoms with E-state index in [1.165, 1.54) is 24.3 Å². The van der Waals surface area contributed by atoms with Crippen molar-refractivity contribution in [1.82, 2.24) is 0 Å². The predicted octanol–water partition coefficient (Wildman–Crippen LogP) is 3.96. The van der Waals surface area contributed by atoms with Crippen LogP contribution in [-0.2, 0) is 0 Å². The molecule has 0 saturated carbocycles. The summed E-state index contributed by atoms with van der Waals surface area (Å²) in [5.74, 6) is 0. The van der Waals surface area contributed by atoms with Crippen LogP contribution in [0.1, 0.15) is 0 Å². The van der Waals surface area contributed by atoms with Gasteiger partial charge in [0, 0.05) is 17.8 Å². The second-order valence-electron chi connectivity index (χ2n) is 3.74. The van der Waals surface area contributed by atoms with E-state index in [0.29, 0.717) is 17.1 Å². The van der Waals surface area contributed by atoms with Gasteiger partial charge in [0.25, 0.3) is 5.69 Å². The van der Waals surface area contributed by atoms with Gasteiger partial charge in [0.15, 0.2) is 0 Å². The first-order valence-electron chi connectivity index (χ1n) is 5.57. The molecule has 2 aromatic carbocycles. The minimum atomic E-state index is -0.484. The Morgan fingerprint density at radius 3 is 1.75 bits per heavy atom. The summed E-state index contributed by atoms with van der Waals surface area (Å²) in [6, 6.07) is 12.4. The van der Waals surface area contributed by atoms with E-state index in [1.807, 2.05) is 0 Å². The van der Waals surface area contributed by atoms with Gasteiger partial charge >= 0.3 is 0 Å². The van der Waals surface area contributed by atoms with E-state index in [9.17, 15) is 10.1 Å². The molecule has 2 N–H and O–H groups in total. The van der Waals surface area contributed by atoms with Crippen LogP contribution in [0.25, 0.3) is 0 Å². The number of nitrogen functional groups attached to an aromatic ring is 1. The molecule has 0 fully saturated rings. The molecular weight excluding hydrogens is 260 g/mol. The molecule has 20 heavy (non-hydrogen) atoms. The molecule has 0 aliphatic rings. The number of non-ortho nitro benzene ring substituents is 1. The van der Waals surface area contributed by atoms with Crippen molar-refractivity contribution in [2.45, 2.75) is 0 Å². The van der Waals surface area contributed by atoms with Crippen molar-refractivity contribution >= 4 is 22.7 Å². The lowest BCUT2D eigenvalue weighted by Crippen LogP contribution is -1.85. The highest BCUT2D eigenvalue weighted by Gasteiger charge is 2.02. The highest BCUT2D eigenvalue weighted by atomic mass is 16.6. The van der Waals surface area contributed by atoms with E-state index < -0.39 is 4.92 Å². The lowest BCUT2D eigenvalue weighted by molar-refractivity contribution is -0.384. The average Bonchev–Trinajstić information content (AvgIpc) is 2.46. The largest absolute Gasteiger partial charge is 0.399 e. The number of nitro groups is 1. The number of nitrogens with two attached hydrogens (primary N) is 1. The quantitative estimate of drug-likeness (QED) is 0.392. The van der Waals surface area contributed by atoms with E-state index in [1.54, 1.807) is 24.3 Å². The van der Waals surface area contributed by atoms with Gasteiger partial charge in [0.05, 0.1) is 16.3 Å². The molecule has 0 amide bonds. The maximum Gasteiger partial charge on any atom is 0.269 e. The molecule has 0 heterocycles. The normalized spacial score (nSPS) is 11.2. The van der Waals surface area contributed by atoms with Crippen molar-refractivity contribution in [3.8, 4) is 0 Å². The molecule has 0 aliphatic carbocycles. The minimum absolute atomic E-state index is 0.00699. The van der Waals surface area contributed by atoms with Crippen LogP contribution >= 0.6 is 0 Å². The smallest absolute Gasteiger partial charge is 0.269 e. The third-order valence-electron chi connectivity index (χ3n) is 2.31. The van der Waals surface area contributed by atoms with Crippen LogP contribution in [0.15, 0.2) is 69.2 Å². The van der Waals surface area contributed by atoms with Crippen molar-refractivity contribution in [3.63, 3.8) is 0 Å². The first-order chi connectivity index (χ1) is 9.65. The average molecular weight is 270 g/mol. The molecule has 0 spiro atoms. The summed E-state index contributed by atoms with van der Waals surface area (Å²) in [5, 5.41) is 25.1. The maximum atomic E-state index is 10.5. The summed E-state index contributed by atoms with van der Waals surface area (Å²) in [7, 11) is 0. The van der Waals surface area contributed by atoms with Crippen LogP contribution < -0.4 is 5.73 Å². The van der Waals surface area contributed by atoms with Crippen LogP contribution in [0.5, 0.6) is 0 Å². The van der Waals surface area contributed by atoms with Gasteiger partial charge in [-0.2, -0.15) is 0 Å². The van der Waals surface area contributed by atoms with E-state index in [0.717, 1.165) is 0 Å². The molecule has 0 atom stereocenters. The summed E-state index contributed by atoms with van der Waals surface area (Å²) in [6.45, 7) is 0. The third-order valence-corrected chi connectivity index (χ3v) is 2.31. The molecule has 0 unspecified atom stereocenters. The summed E-state index contributed by atoms with van der Waals surface area (Å²) >= 11 is 0. The second kappa shape index (κ2) is 6.14. The zero-order chi connectivity index (χ0) is 14.4. The van der Waals surface area contributed by atoms with Gasteiger partial charge in [-0.25, -0.2) is 0 Å². The molecule has 2 aromatic rings. The number of anilines is 1. The topological polar surface area (TPSA) is 119 Å². The summed E-state index contributed by atoms with van der Waals surface area (Å²) in [4.78, 5) is 9.98. The van der Waals surface area contributed by atoms with Gasteiger partial charge < -0.3 is 5.73 Å². The number of nitro benzene ring substituents is 1. The highest BCUT2D eigenvalue weighted by molar-refractivity contribution is 5.47. The fourth-order valence-corrected chi connectivity index (χ4v) is 1.33. The molecule has 2 rings (SSSR count). The first kappa shape index (κ1) is 13.3. The summed E-state index contributed by atoms with van der Waals surface area (Å²) in [6.07, 6.45) is 0. The van der Waals surface area contributed by atoms with Crippen LogP contribution in [0.4, 0.5) is 22.7 Å². The van der Waals surface area contributed by atoms with Gasteiger partial charge in [-0.05, 0) is 46.8 Å². The monoisotopic (exact) mass is 270 g/mol. The van der Waals surface area contributed by atoms with Gasteiger partial charge in [-0.3, -0.25) is 10.1 Å². The highest BCUT2D eigenvalue weighted by Crippen LogP contribution is 2.19. The lowest BCUT2D eigenvalue weighted by Gasteiger charge is -1.92. The lowest BCUT2D eigenvalue weighted by atomic mass is 10.3. The Hall–Kier alpha value is -3.16. The van der Waals surface area contributed by atoms with E-state index in [-0.39, 0.29) is 5.69 Å². The van der Waals surface area contributed by atoms with Crippen molar-refractivity contribution in [2.75, 3.05) is 5.73 Å². The fourth-order valence-electron chi connectivity index (χ4n) is 1.33. The van der Waals surface area contributed by atoms with Crippen molar-refractivity contribution in [2.24, 2.45) is 20.7 Å². The van der Waals surface area contributed by atoms with Crippen LogP contribution in [0, 0.1) is 10.1 Å². The zero-order valence-electron chi connectivity index (χ0n) is 10.2. The van der Waals surface area contributed by atoms with Crippen molar-refractivity contribution in [3.05, 3.63) is 58.6 Å². The Kier molecular flexibility index (Phi) is 4.07. The van der Waals surface area contributed by atoms with Crippen LogP contribution in [0.3, 0.4) is 0 Å². The van der Waals surface area contributed by atoms with Gasteiger partial charge in [0.2, 0.25) is 0 Å². The van der Waals surface area contributed by atoms with Gasteiger partial charge in [-0.15, -0.1) is 10.2 Å². The molecule has 0 aliphatic heterocycles. The Morgan fingerprint density at radius 1 is 0.850 bits per heavy atom. The standard InChI is InChI=1S/C12H10N6O2/c13-9-1-3-10(4-2-9)14-16-17-15-11-5-7-12(8-6-11)18(19)20/h1-8H,13H2. The molecule has 0 radical (unpaired) electrons. The Balaban J connectivity index is 1.99. The van der Waals surface area contributed by atoms with E-state index in [4.69, 9.17) is 5.73 Å². The number of rotatable bonds is 4. The molecule has 0 bridgehead atoms. The number of nitrogens with zero attached hydrogens (tertiary/aromatic N) is 5. The Morgan fingerprint density at radius 2 is 1.30 bits per heavy atom. The van der Waals surface area contributed by atoms with E-state index in [2.05, 4.69) is 20.7 Å². The van der Waals surface area contributed by atoms with Gasteiger partial charge in [0.1, 0.15) is 0 Å². The minimum Gasteiger partial charge on any atom is -0.399 e. The zero-order valence-corrected chi connectivity index (χ0v) is 10.2. The molecule has 8 nitrogen and oxygen atoms in total. The number of hydrogen-bond acceptors (Lipinski definition) is 5. The third kappa shape index (κ3) is 3.67. The Bertz CT molecular complexity index is 649. The molecular formula is C12H10N6O2. The molecule has 8 heteroatoms. The molecule has 100 valence electrons. The van der Waals surface area contributed by atoms with Crippen LogP contribution in [0.2, 0.25) is 0 Å². The predicted molar refractivity (Wildman–Crippen MR) is 73.0 cm³/mol. The Labute approximate surface area is 113 Å². The summed E-state index contributed by atoms with van der Waals surface area (Å²) < 4.78 is 0. The second-order valence-corrected chi connectivity index (χ2v) is 3.74. The molecule has 0 aromatic heterocycles. The SMILES string of the molecule is Nc1ccc(N=NN=Nc2ccc([N+](=O)[O-])cc2)cc1. The van der Waals surface area contributed by atoms with E-state index >= 15 is 0 Å². The summed E-state index contributed by atoms with van der Waals surface area (Å²) in [5.41, 5.74) is 7.21.